The number of halogens is 1. The van der Waals surface area contributed by atoms with Crippen LogP contribution in [-0.2, 0) is 4.79 Å². The minimum absolute atomic E-state index is 0.0126. The first kappa shape index (κ1) is 15.9. The Balaban J connectivity index is 2.63. The number of hydrogen-bond acceptors (Lipinski definition) is 2. The van der Waals surface area contributed by atoms with Crippen LogP contribution in [0.15, 0.2) is 24.3 Å². The summed E-state index contributed by atoms with van der Waals surface area (Å²) in [5.41, 5.74) is 2.30. The Kier molecular flexibility index (Phi) is 7.43. The van der Waals surface area contributed by atoms with Gasteiger partial charge in [0, 0.05) is 12.3 Å². The average Bonchev–Trinajstić information content (AvgIpc) is 2.42. The summed E-state index contributed by atoms with van der Waals surface area (Å²) in [7, 11) is 0. The Morgan fingerprint density at radius 1 is 1.37 bits per heavy atom. The smallest absolute Gasteiger partial charge is 0.150 e. The maximum atomic E-state index is 12.0. The Hall–Kier alpha value is -1.14. The Morgan fingerprint density at radius 2 is 2.16 bits per heavy atom. The minimum Gasteiger partial charge on any atom is -0.298 e. The first-order valence-electron chi connectivity index (χ1n) is 6.71. The van der Waals surface area contributed by atoms with Crippen LogP contribution >= 0.6 is 15.9 Å². The van der Waals surface area contributed by atoms with Gasteiger partial charge in [0.25, 0.3) is 0 Å². The van der Waals surface area contributed by atoms with Crippen molar-refractivity contribution in [2.75, 3.05) is 5.33 Å². The molecule has 0 amide bonds. The highest BCUT2D eigenvalue weighted by molar-refractivity contribution is 9.09. The topological polar surface area (TPSA) is 40.9 Å². The molecule has 102 valence electrons. The highest BCUT2D eigenvalue weighted by atomic mass is 79.9. The molecule has 1 atom stereocenters. The summed E-state index contributed by atoms with van der Waals surface area (Å²) in [6.45, 7) is 2.05. The fourth-order valence-corrected chi connectivity index (χ4v) is 2.61. The summed E-state index contributed by atoms with van der Waals surface area (Å²) >= 11 is 3.27. The van der Waals surface area contributed by atoms with Crippen molar-refractivity contribution in [3.8, 4) is 6.07 Å². The predicted octanol–water partition coefficient (Wildman–Crippen LogP) is 4.52. The van der Waals surface area contributed by atoms with Gasteiger partial charge in [0.2, 0.25) is 0 Å². The molecule has 0 N–H and O–H groups in total. The molecule has 1 rings (SSSR count). The summed E-state index contributed by atoms with van der Waals surface area (Å²) in [5, 5.41) is 8.91. The van der Waals surface area contributed by atoms with Gasteiger partial charge in [-0.1, -0.05) is 58.6 Å². The molecule has 0 saturated heterocycles. The number of aryl methyl sites for hydroxylation is 1. The zero-order valence-electron chi connectivity index (χ0n) is 11.4. The van der Waals surface area contributed by atoms with Crippen LogP contribution in [0.2, 0.25) is 0 Å². The van der Waals surface area contributed by atoms with Crippen LogP contribution in [0, 0.1) is 18.3 Å². The van der Waals surface area contributed by atoms with Crippen molar-refractivity contribution in [3.05, 3.63) is 35.4 Å². The number of Topliss-reactive ketones (excluding diaryl/α,β-unsaturated/α-hetero) is 1. The fourth-order valence-electron chi connectivity index (χ4n) is 2.22. The molecular weight excluding hydrogens is 302 g/mol. The SMILES string of the molecule is Cc1cccc(C(CCCCCC#N)C(=O)CBr)c1. The summed E-state index contributed by atoms with van der Waals surface area (Å²) in [6.07, 6.45) is 4.44. The highest BCUT2D eigenvalue weighted by Gasteiger charge is 2.18. The van der Waals surface area contributed by atoms with Gasteiger partial charge in [-0.05, 0) is 25.3 Å². The van der Waals surface area contributed by atoms with Gasteiger partial charge in [-0.15, -0.1) is 0 Å². The molecule has 0 aromatic heterocycles. The standard InChI is InChI=1S/C16H20BrNO/c1-13-7-6-8-14(11-13)15(16(19)12-17)9-4-2-3-5-10-18/h6-8,11,15H,2-5,9,12H2,1H3. The van der Waals surface area contributed by atoms with Gasteiger partial charge in [-0.2, -0.15) is 5.26 Å². The van der Waals surface area contributed by atoms with E-state index in [1.807, 2.05) is 25.1 Å². The van der Waals surface area contributed by atoms with Crippen LogP contribution in [-0.4, -0.2) is 11.1 Å². The van der Waals surface area contributed by atoms with E-state index >= 15 is 0 Å². The third-order valence-electron chi connectivity index (χ3n) is 3.25. The summed E-state index contributed by atoms with van der Waals surface area (Å²) in [4.78, 5) is 12.0. The van der Waals surface area contributed by atoms with Crippen LogP contribution in [0.1, 0.15) is 49.1 Å². The number of nitriles is 1. The molecule has 1 unspecified atom stereocenters. The number of carbonyl (C=O) groups is 1. The van der Waals surface area contributed by atoms with Crippen molar-refractivity contribution in [3.63, 3.8) is 0 Å². The zero-order valence-corrected chi connectivity index (χ0v) is 12.9. The molecule has 0 heterocycles. The maximum Gasteiger partial charge on any atom is 0.150 e. The molecule has 3 heteroatoms. The summed E-state index contributed by atoms with van der Waals surface area (Å²) < 4.78 is 0. The predicted molar refractivity (Wildman–Crippen MR) is 81.4 cm³/mol. The lowest BCUT2D eigenvalue weighted by Gasteiger charge is -2.15. The lowest BCUT2D eigenvalue weighted by molar-refractivity contribution is -0.118. The van der Waals surface area contributed by atoms with Crippen molar-refractivity contribution in [1.29, 1.82) is 5.26 Å². The monoisotopic (exact) mass is 321 g/mol. The molecule has 0 aliphatic heterocycles. The van der Waals surface area contributed by atoms with Gasteiger partial charge in [-0.25, -0.2) is 0 Å². The van der Waals surface area contributed by atoms with Gasteiger partial charge in [0.15, 0.2) is 5.78 Å². The second-order valence-corrected chi connectivity index (χ2v) is 5.38. The number of unbranched alkanes of at least 4 members (excludes halogenated alkanes) is 3. The zero-order chi connectivity index (χ0) is 14.1. The number of benzene rings is 1. The van der Waals surface area contributed by atoms with Gasteiger partial charge in [0.05, 0.1) is 11.4 Å². The van der Waals surface area contributed by atoms with E-state index in [9.17, 15) is 4.79 Å². The minimum atomic E-state index is -0.0126. The molecule has 1 aromatic rings. The fraction of sp³-hybridized carbons (Fsp3) is 0.500. The number of rotatable bonds is 8. The quantitative estimate of drug-likeness (QED) is 0.522. The van der Waals surface area contributed by atoms with Crippen molar-refractivity contribution in [2.45, 2.75) is 44.9 Å². The van der Waals surface area contributed by atoms with Crippen molar-refractivity contribution < 1.29 is 4.79 Å². The van der Waals surface area contributed by atoms with Crippen molar-refractivity contribution in [2.24, 2.45) is 0 Å². The van der Waals surface area contributed by atoms with Crippen LogP contribution in [0.3, 0.4) is 0 Å². The normalized spacial score (nSPS) is 11.8. The largest absolute Gasteiger partial charge is 0.298 e. The molecule has 0 saturated carbocycles. The number of nitrogens with zero attached hydrogens (tertiary/aromatic N) is 1. The molecule has 0 fully saturated rings. The van der Waals surface area contributed by atoms with Gasteiger partial charge >= 0.3 is 0 Å². The third kappa shape index (κ3) is 5.57. The summed E-state index contributed by atoms with van der Waals surface area (Å²) in [6, 6.07) is 10.3. The molecule has 0 bridgehead atoms. The first-order chi connectivity index (χ1) is 9.19. The number of carbonyl (C=O) groups excluding carboxylic acids is 1. The summed E-state index contributed by atoms with van der Waals surface area (Å²) in [5.74, 6) is 0.229. The average molecular weight is 322 g/mol. The van der Waals surface area contributed by atoms with Crippen LogP contribution in [0.25, 0.3) is 0 Å². The lowest BCUT2D eigenvalue weighted by atomic mass is 9.89. The van der Waals surface area contributed by atoms with Crippen molar-refractivity contribution >= 4 is 21.7 Å². The van der Waals surface area contributed by atoms with E-state index in [0.29, 0.717) is 11.8 Å². The maximum absolute atomic E-state index is 12.0. The van der Waals surface area contributed by atoms with Crippen molar-refractivity contribution in [1.82, 2.24) is 0 Å². The highest BCUT2D eigenvalue weighted by Crippen LogP contribution is 2.25. The van der Waals surface area contributed by atoms with E-state index in [4.69, 9.17) is 5.26 Å². The molecule has 0 aliphatic carbocycles. The van der Waals surface area contributed by atoms with Gasteiger partial charge in [0.1, 0.15) is 0 Å². The van der Waals surface area contributed by atoms with Gasteiger partial charge < -0.3 is 0 Å². The molecule has 0 aliphatic rings. The number of hydrogen-bond donors (Lipinski definition) is 0. The molecule has 2 nitrogen and oxygen atoms in total. The lowest BCUT2D eigenvalue weighted by Crippen LogP contribution is -2.14. The molecule has 19 heavy (non-hydrogen) atoms. The van der Waals surface area contributed by atoms with Crippen LogP contribution in [0.4, 0.5) is 0 Å². The van der Waals surface area contributed by atoms with Crippen LogP contribution in [0.5, 0.6) is 0 Å². The van der Waals surface area contributed by atoms with E-state index < -0.39 is 0 Å². The van der Waals surface area contributed by atoms with E-state index in [-0.39, 0.29) is 11.7 Å². The van der Waals surface area contributed by atoms with Crippen LogP contribution < -0.4 is 0 Å². The first-order valence-corrected chi connectivity index (χ1v) is 7.83. The van der Waals surface area contributed by atoms with E-state index in [1.165, 1.54) is 5.56 Å². The second-order valence-electron chi connectivity index (χ2n) is 4.82. The van der Waals surface area contributed by atoms with E-state index in [0.717, 1.165) is 31.2 Å². The molecular formula is C16H20BrNO. The van der Waals surface area contributed by atoms with Gasteiger partial charge in [-0.3, -0.25) is 4.79 Å². The third-order valence-corrected chi connectivity index (χ3v) is 3.80. The molecule has 1 aromatic carbocycles. The number of ketones is 1. The molecule has 0 radical (unpaired) electrons. The Labute approximate surface area is 124 Å². The Bertz CT molecular complexity index is 450. The second kappa shape index (κ2) is 8.87. The van der Waals surface area contributed by atoms with E-state index in [1.54, 1.807) is 0 Å². The number of alkyl halides is 1. The Morgan fingerprint density at radius 3 is 2.79 bits per heavy atom. The molecule has 0 spiro atoms. The van der Waals surface area contributed by atoms with E-state index in [2.05, 4.69) is 28.1 Å².